The molecule has 2 amide bonds. The summed E-state index contributed by atoms with van der Waals surface area (Å²) in [7, 11) is 0. The fraction of sp³-hybridized carbons (Fsp3) is 0.185. The molecule has 0 saturated carbocycles. The van der Waals surface area contributed by atoms with Crippen molar-refractivity contribution in [3.05, 3.63) is 107 Å². The van der Waals surface area contributed by atoms with E-state index in [1.54, 1.807) is 24.3 Å². The Balaban J connectivity index is 1.53. The highest BCUT2D eigenvalue weighted by Crippen LogP contribution is 2.35. The van der Waals surface area contributed by atoms with Crippen LogP contribution in [0.15, 0.2) is 84.9 Å². The molecular weight excluding hydrogens is 430 g/mol. The molecule has 1 fully saturated rings. The lowest BCUT2D eigenvalue weighted by Gasteiger charge is -2.43. The Morgan fingerprint density at radius 2 is 1.44 bits per heavy atom. The number of hydrogen-bond acceptors (Lipinski definition) is 4. The maximum atomic E-state index is 13.2. The first-order valence-corrected chi connectivity index (χ1v) is 11.0. The number of carbonyl (C=O) groups excluding carboxylic acids is 2. The number of carboxylic acid groups (broad SMARTS) is 1. The number of carbonyl (C=O) groups is 3. The lowest BCUT2D eigenvalue weighted by atomic mass is 9.80. The number of nitrogens with two attached hydrogens (primary N) is 1. The molecule has 3 aromatic carbocycles. The highest BCUT2D eigenvalue weighted by Gasteiger charge is 2.54. The number of rotatable bonds is 8. The Morgan fingerprint density at radius 1 is 0.912 bits per heavy atom. The molecule has 4 N–H and O–H groups in total. The molecule has 0 radical (unpaired) electrons. The molecule has 172 valence electrons. The van der Waals surface area contributed by atoms with Crippen molar-refractivity contribution in [2.75, 3.05) is 0 Å². The number of aliphatic carboxylic acids is 1. The number of β-lactam (4-membered cyclic amide) rings is 1. The summed E-state index contributed by atoms with van der Waals surface area (Å²) in [5, 5.41) is 17.3. The number of amides is 2. The minimum Gasteiger partial charge on any atom is -0.480 e. The molecule has 0 aromatic heterocycles. The van der Waals surface area contributed by atoms with Crippen LogP contribution in [-0.4, -0.2) is 39.7 Å². The molecule has 0 unspecified atom stereocenters. The predicted molar refractivity (Wildman–Crippen MR) is 127 cm³/mol. The van der Waals surface area contributed by atoms with Gasteiger partial charge in [-0.3, -0.25) is 19.9 Å². The van der Waals surface area contributed by atoms with Crippen LogP contribution < -0.4 is 5.73 Å². The van der Waals surface area contributed by atoms with E-state index >= 15 is 0 Å². The van der Waals surface area contributed by atoms with E-state index in [-0.39, 0.29) is 24.6 Å². The van der Waals surface area contributed by atoms with Crippen molar-refractivity contribution in [2.24, 2.45) is 11.7 Å². The summed E-state index contributed by atoms with van der Waals surface area (Å²) in [5.41, 5.74) is 8.60. The van der Waals surface area contributed by atoms with Gasteiger partial charge >= 0.3 is 5.97 Å². The largest absolute Gasteiger partial charge is 0.480 e. The fourth-order valence-electron chi connectivity index (χ4n) is 4.45. The van der Waals surface area contributed by atoms with Crippen molar-refractivity contribution in [3.8, 4) is 0 Å². The van der Waals surface area contributed by atoms with E-state index in [0.717, 1.165) is 21.6 Å². The third-order valence-electron chi connectivity index (χ3n) is 6.24. The summed E-state index contributed by atoms with van der Waals surface area (Å²) in [6.45, 7) is 0. The van der Waals surface area contributed by atoms with Gasteiger partial charge in [0.05, 0.1) is 5.92 Å². The Labute approximate surface area is 197 Å². The molecule has 7 heteroatoms. The Hall–Kier alpha value is -4.26. The van der Waals surface area contributed by atoms with Crippen molar-refractivity contribution in [1.29, 1.82) is 5.41 Å². The second kappa shape index (κ2) is 9.70. The number of hydrogen-bond donors (Lipinski definition) is 3. The number of nitrogens with zero attached hydrogens (tertiary/aromatic N) is 1. The molecule has 1 aliphatic rings. The summed E-state index contributed by atoms with van der Waals surface area (Å²) in [4.78, 5) is 39.1. The zero-order chi connectivity index (χ0) is 24.2. The van der Waals surface area contributed by atoms with Crippen molar-refractivity contribution < 1.29 is 19.5 Å². The van der Waals surface area contributed by atoms with Crippen LogP contribution in [0.2, 0.25) is 0 Å². The topological polar surface area (TPSA) is 125 Å². The third-order valence-corrected chi connectivity index (χ3v) is 6.24. The Kier molecular flexibility index (Phi) is 6.54. The van der Waals surface area contributed by atoms with Crippen LogP contribution in [0, 0.1) is 11.3 Å². The van der Waals surface area contributed by atoms with Crippen LogP contribution in [0.25, 0.3) is 0 Å². The van der Waals surface area contributed by atoms with Crippen LogP contribution in [0.1, 0.15) is 34.6 Å². The van der Waals surface area contributed by atoms with Gasteiger partial charge in [-0.15, -0.1) is 0 Å². The third kappa shape index (κ3) is 4.59. The van der Waals surface area contributed by atoms with Crippen molar-refractivity contribution in [1.82, 2.24) is 4.90 Å². The van der Waals surface area contributed by atoms with Crippen molar-refractivity contribution in [2.45, 2.75) is 24.8 Å². The molecule has 2 atom stereocenters. The number of nitrogens with one attached hydrogen (secondary N) is 1. The van der Waals surface area contributed by atoms with E-state index < -0.39 is 29.7 Å². The van der Waals surface area contributed by atoms with Gasteiger partial charge in [0.15, 0.2) is 0 Å². The van der Waals surface area contributed by atoms with Crippen molar-refractivity contribution in [3.63, 3.8) is 0 Å². The monoisotopic (exact) mass is 455 g/mol. The molecule has 0 spiro atoms. The van der Waals surface area contributed by atoms with E-state index in [9.17, 15) is 19.5 Å². The van der Waals surface area contributed by atoms with Gasteiger partial charge in [0.2, 0.25) is 11.8 Å². The molecule has 3 aromatic rings. The van der Waals surface area contributed by atoms with Gasteiger partial charge in [-0.1, -0.05) is 84.9 Å². The van der Waals surface area contributed by atoms with E-state index in [0.29, 0.717) is 5.56 Å². The quantitative estimate of drug-likeness (QED) is 0.273. The molecule has 34 heavy (non-hydrogen) atoms. The van der Waals surface area contributed by atoms with E-state index in [1.807, 2.05) is 60.7 Å². The van der Waals surface area contributed by atoms with Crippen LogP contribution >= 0.6 is 0 Å². The van der Waals surface area contributed by atoms with Gasteiger partial charge in [-0.05, 0) is 23.1 Å². The first kappa shape index (κ1) is 22.9. The number of nitrogen functional groups attached to an aromatic ring is 1. The Bertz CT molecular complexity index is 1170. The predicted octanol–water partition coefficient (Wildman–Crippen LogP) is 3.17. The fourth-order valence-corrected chi connectivity index (χ4v) is 4.45. The smallest absolute Gasteiger partial charge is 0.327 e. The van der Waals surface area contributed by atoms with Crippen LogP contribution in [-0.2, 0) is 20.8 Å². The molecule has 1 aliphatic heterocycles. The summed E-state index contributed by atoms with van der Waals surface area (Å²) in [6, 6.07) is 24.6. The first-order chi connectivity index (χ1) is 16.4. The molecule has 0 bridgehead atoms. The van der Waals surface area contributed by atoms with Gasteiger partial charge in [-0.25, -0.2) is 4.79 Å². The summed E-state index contributed by atoms with van der Waals surface area (Å²) in [6.07, 6.45) is 0.183. The van der Waals surface area contributed by atoms with Crippen LogP contribution in [0.4, 0.5) is 0 Å². The normalized spacial score (nSPS) is 17.3. The summed E-state index contributed by atoms with van der Waals surface area (Å²) >= 11 is 0. The standard InChI is InChI=1S/C27H25N3O4/c28-25(29)20-13-11-17(12-14-20)15-22-24(27(33)34)30(26(22)32)23(31)16-21(18-7-3-1-4-8-18)19-9-5-2-6-10-19/h1-14,21-22,24H,15-16H2,(H3,28,29)(H,33,34)/t22-,24+/m1/s1. The second-order valence-electron chi connectivity index (χ2n) is 8.38. The van der Waals surface area contributed by atoms with Gasteiger partial charge < -0.3 is 10.8 Å². The zero-order valence-corrected chi connectivity index (χ0v) is 18.4. The first-order valence-electron chi connectivity index (χ1n) is 11.0. The van der Waals surface area contributed by atoms with Gasteiger partial charge in [0.25, 0.3) is 0 Å². The van der Waals surface area contributed by atoms with Crippen LogP contribution in [0.5, 0.6) is 0 Å². The average molecular weight is 456 g/mol. The molecule has 4 rings (SSSR count). The number of benzene rings is 3. The van der Waals surface area contributed by atoms with Gasteiger partial charge in [0, 0.05) is 17.9 Å². The maximum Gasteiger partial charge on any atom is 0.327 e. The Morgan fingerprint density at radius 3 is 1.91 bits per heavy atom. The summed E-state index contributed by atoms with van der Waals surface area (Å²) in [5.74, 6) is -3.37. The van der Waals surface area contributed by atoms with Crippen molar-refractivity contribution >= 4 is 23.6 Å². The molecule has 0 aliphatic carbocycles. The average Bonchev–Trinajstić information content (AvgIpc) is 2.85. The van der Waals surface area contributed by atoms with Crippen LogP contribution in [0.3, 0.4) is 0 Å². The number of likely N-dealkylation sites (tertiary alicyclic amines) is 1. The zero-order valence-electron chi connectivity index (χ0n) is 18.4. The molecule has 7 nitrogen and oxygen atoms in total. The van der Waals surface area contributed by atoms with E-state index in [4.69, 9.17) is 11.1 Å². The molecule has 1 saturated heterocycles. The van der Waals surface area contributed by atoms with E-state index in [2.05, 4.69) is 0 Å². The van der Waals surface area contributed by atoms with Gasteiger partial charge in [-0.2, -0.15) is 0 Å². The lowest BCUT2D eigenvalue weighted by molar-refractivity contribution is -0.177. The molecular formula is C27H25N3O4. The van der Waals surface area contributed by atoms with E-state index in [1.165, 1.54) is 0 Å². The summed E-state index contributed by atoms with van der Waals surface area (Å²) < 4.78 is 0. The second-order valence-corrected chi connectivity index (χ2v) is 8.38. The number of amidine groups is 1. The number of carboxylic acids is 1. The SMILES string of the molecule is N=C(N)c1ccc(C[C@H]2C(=O)N(C(=O)CC(c3ccccc3)c3ccccc3)[C@@H]2C(=O)O)cc1. The maximum absolute atomic E-state index is 13.2. The lowest BCUT2D eigenvalue weighted by Crippen LogP contribution is -2.66. The van der Waals surface area contributed by atoms with Gasteiger partial charge in [0.1, 0.15) is 11.9 Å². The molecule has 1 heterocycles. The highest BCUT2D eigenvalue weighted by molar-refractivity contribution is 6.08. The minimum atomic E-state index is -1.21. The highest BCUT2D eigenvalue weighted by atomic mass is 16.4. The number of imide groups is 1. The minimum absolute atomic E-state index is 0.0103.